The first kappa shape index (κ1) is 20.1. The van der Waals surface area contributed by atoms with E-state index in [-0.39, 0.29) is 11.9 Å². The molecule has 1 aromatic carbocycles. The monoisotopic (exact) mass is 429 g/mol. The van der Waals surface area contributed by atoms with Gasteiger partial charge in [-0.25, -0.2) is 9.97 Å². The number of nitrogens with zero attached hydrogens (tertiary/aromatic N) is 4. The van der Waals surface area contributed by atoms with E-state index in [1.165, 1.54) is 12.4 Å². The van der Waals surface area contributed by atoms with Crippen LogP contribution in [0.5, 0.6) is 0 Å². The van der Waals surface area contributed by atoms with Crippen LogP contribution in [0.15, 0.2) is 55.2 Å². The third kappa shape index (κ3) is 4.29. The highest BCUT2D eigenvalue weighted by Crippen LogP contribution is 2.27. The predicted molar refractivity (Wildman–Crippen MR) is 122 cm³/mol. The van der Waals surface area contributed by atoms with Crippen LogP contribution in [0.2, 0.25) is 0 Å². The molecule has 0 spiro atoms. The molecule has 9 heteroatoms. The number of nitrogens with two attached hydrogens (primary N) is 1. The third-order valence-corrected chi connectivity index (χ3v) is 5.49. The van der Waals surface area contributed by atoms with E-state index >= 15 is 0 Å². The van der Waals surface area contributed by atoms with E-state index in [2.05, 4.69) is 36.2 Å². The van der Waals surface area contributed by atoms with Gasteiger partial charge in [0.25, 0.3) is 5.91 Å². The van der Waals surface area contributed by atoms with Crippen molar-refractivity contribution in [3.05, 3.63) is 66.4 Å². The van der Waals surface area contributed by atoms with Gasteiger partial charge in [-0.1, -0.05) is 6.07 Å². The molecule has 32 heavy (non-hydrogen) atoms. The summed E-state index contributed by atoms with van der Waals surface area (Å²) in [5, 5.41) is 3.64. The van der Waals surface area contributed by atoms with E-state index in [0.29, 0.717) is 11.3 Å². The molecule has 0 aliphatic carbocycles. The Kier molecular flexibility index (Phi) is 5.49. The summed E-state index contributed by atoms with van der Waals surface area (Å²) in [6.07, 6.45) is 8.41. The van der Waals surface area contributed by atoms with Crippen molar-refractivity contribution in [3.63, 3.8) is 0 Å². The number of carbonyl (C=O) groups excluding carboxylic acids is 1. The fraction of sp³-hybridized carbons (Fsp3) is 0.217. The summed E-state index contributed by atoms with van der Waals surface area (Å²) in [5.74, 6) is -0.0924. The number of hydrogen-bond donors (Lipinski definition) is 3. The molecule has 5 rings (SSSR count). The fourth-order valence-electron chi connectivity index (χ4n) is 3.84. The normalized spacial score (nSPS) is 14.5. The fourth-order valence-corrected chi connectivity index (χ4v) is 3.84. The van der Waals surface area contributed by atoms with Crippen molar-refractivity contribution >= 4 is 28.4 Å². The van der Waals surface area contributed by atoms with Crippen molar-refractivity contribution in [1.82, 2.24) is 24.8 Å². The van der Waals surface area contributed by atoms with E-state index < -0.39 is 0 Å². The molecule has 4 heterocycles. The molecule has 1 aliphatic heterocycles. The molecular weight excluding hydrogens is 406 g/mol. The maximum absolute atomic E-state index is 12.9. The second-order valence-electron chi connectivity index (χ2n) is 7.72. The molecule has 3 aromatic heterocycles. The minimum absolute atomic E-state index is 0.157. The first-order valence-electron chi connectivity index (χ1n) is 10.4. The van der Waals surface area contributed by atoms with Gasteiger partial charge in [0.15, 0.2) is 0 Å². The zero-order chi connectivity index (χ0) is 21.9. The zero-order valence-corrected chi connectivity index (χ0v) is 17.4. The Morgan fingerprint density at radius 3 is 2.72 bits per heavy atom. The number of ether oxygens (including phenoxy) is 1. The number of aromatic amines is 1. The maximum atomic E-state index is 12.9. The van der Waals surface area contributed by atoms with Crippen LogP contribution in [-0.2, 0) is 11.3 Å². The Bertz CT molecular complexity index is 1250. The number of anilines is 2. The summed E-state index contributed by atoms with van der Waals surface area (Å²) >= 11 is 0. The highest BCUT2D eigenvalue weighted by atomic mass is 16.5. The first-order chi connectivity index (χ1) is 15.7. The van der Waals surface area contributed by atoms with Crippen molar-refractivity contribution < 1.29 is 9.53 Å². The third-order valence-electron chi connectivity index (χ3n) is 5.49. The van der Waals surface area contributed by atoms with Gasteiger partial charge in [-0.3, -0.25) is 14.7 Å². The summed E-state index contributed by atoms with van der Waals surface area (Å²) in [4.78, 5) is 30.6. The highest BCUT2D eigenvalue weighted by molar-refractivity contribution is 6.13. The van der Waals surface area contributed by atoms with Crippen LogP contribution in [0.25, 0.3) is 22.0 Å². The van der Waals surface area contributed by atoms with Gasteiger partial charge in [0.2, 0.25) is 5.95 Å². The summed E-state index contributed by atoms with van der Waals surface area (Å²) < 4.78 is 5.43. The smallest absolute Gasteiger partial charge is 0.257 e. The highest BCUT2D eigenvalue weighted by Gasteiger charge is 2.15. The van der Waals surface area contributed by atoms with E-state index in [1.54, 1.807) is 6.20 Å². The van der Waals surface area contributed by atoms with Crippen molar-refractivity contribution in [2.45, 2.75) is 6.54 Å². The molecule has 1 saturated heterocycles. The topological polar surface area (TPSA) is 122 Å². The Labute approximate surface area is 184 Å². The molecule has 0 unspecified atom stereocenters. The lowest BCUT2D eigenvalue weighted by Crippen LogP contribution is -2.35. The van der Waals surface area contributed by atoms with E-state index in [9.17, 15) is 4.79 Å². The molecule has 1 aliphatic rings. The summed E-state index contributed by atoms with van der Waals surface area (Å²) in [6, 6.07) is 8.17. The van der Waals surface area contributed by atoms with E-state index in [1.807, 2.05) is 30.6 Å². The molecule has 0 bridgehead atoms. The number of morpholine rings is 1. The van der Waals surface area contributed by atoms with Crippen LogP contribution < -0.4 is 11.1 Å². The van der Waals surface area contributed by atoms with Gasteiger partial charge >= 0.3 is 0 Å². The molecule has 9 nitrogen and oxygen atoms in total. The van der Waals surface area contributed by atoms with Gasteiger partial charge < -0.3 is 20.8 Å². The van der Waals surface area contributed by atoms with Crippen LogP contribution in [0.4, 0.5) is 11.6 Å². The number of nitrogens with one attached hydrogen (secondary N) is 2. The number of rotatable bonds is 5. The molecule has 4 N–H and O–H groups in total. The lowest BCUT2D eigenvalue weighted by atomic mass is 10.0. The molecule has 0 atom stereocenters. The van der Waals surface area contributed by atoms with Gasteiger partial charge in [0, 0.05) is 54.7 Å². The van der Waals surface area contributed by atoms with Crippen LogP contribution in [0.3, 0.4) is 0 Å². The Hall–Kier alpha value is -3.82. The summed E-state index contributed by atoms with van der Waals surface area (Å²) in [5.41, 5.74) is 10.6. The number of carbonyl (C=O) groups is 1. The largest absolute Gasteiger partial charge is 0.379 e. The van der Waals surface area contributed by atoms with Gasteiger partial charge in [-0.15, -0.1) is 0 Å². The van der Waals surface area contributed by atoms with Crippen molar-refractivity contribution in [2.24, 2.45) is 0 Å². The van der Waals surface area contributed by atoms with Crippen molar-refractivity contribution in [2.75, 3.05) is 37.4 Å². The first-order valence-corrected chi connectivity index (χ1v) is 10.4. The maximum Gasteiger partial charge on any atom is 0.257 e. The number of pyridine rings is 1. The van der Waals surface area contributed by atoms with Crippen LogP contribution in [0, 0.1) is 0 Å². The zero-order valence-electron chi connectivity index (χ0n) is 17.4. The average molecular weight is 429 g/mol. The Balaban J connectivity index is 1.40. The molecule has 162 valence electrons. The van der Waals surface area contributed by atoms with Gasteiger partial charge in [-0.2, -0.15) is 0 Å². The quantitative estimate of drug-likeness (QED) is 0.446. The van der Waals surface area contributed by atoms with Gasteiger partial charge in [0.1, 0.15) is 0 Å². The van der Waals surface area contributed by atoms with Crippen molar-refractivity contribution in [1.29, 1.82) is 0 Å². The number of nitrogen functional groups attached to an aromatic ring is 1. The van der Waals surface area contributed by atoms with E-state index in [4.69, 9.17) is 10.5 Å². The number of fused-ring (bicyclic) bond motifs is 1. The lowest BCUT2D eigenvalue weighted by Gasteiger charge is -2.26. The summed E-state index contributed by atoms with van der Waals surface area (Å²) in [7, 11) is 0. The van der Waals surface area contributed by atoms with Crippen LogP contribution in [-0.4, -0.2) is 57.0 Å². The molecule has 0 saturated carbocycles. The van der Waals surface area contributed by atoms with Crippen molar-refractivity contribution in [3.8, 4) is 11.1 Å². The Morgan fingerprint density at radius 1 is 1.09 bits per heavy atom. The predicted octanol–water partition coefficient (Wildman–Crippen LogP) is 2.69. The SMILES string of the molecule is Nc1ncc(NC(=O)c2c[nH]c3ccc(-c4cncc(CN5CCOCC5)c4)cc23)cn1. The van der Waals surface area contributed by atoms with Crippen LogP contribution >= 0.6 is 0 Å². The summed E-state index contributed by atoms with van der Waals surface area (Å²) in [6.45, 7) is 4.23. The number of amides is 1. The number of aromatic nitrogens is 4. The van der Waals surface area contributed by atoms with Crippen LogP contribution in [0.1, 0.15) is 15.9 Å². The minimum atomic E-state index is -0.249. The molecular formula is C23H23N7O2. The lowest BCUT2D eigenvalue weighted by molar-refractivity contribution is 0.0341. The van der Waals surface area contributed by atoms with Gasteiger partial charge in [-0.05, 0) is 29.3 Å². The number of H-pyrrole nitrogens is 1. The average Bonchev–Trinajstić information content (AvgIpc) is 3.25. The Morgan fingerprint density at radius 2 is 1.91 bits per heavy atom. The number of benzene rings is 1. The van der Waals surface area contributed by atoms with Gasteiger partial charge in [0.05, 0.1) is 36.9 Å². The second kappa shape index (κ2) is 8.74. The van der Waals surface area contributed by atoms with E-state index in [0.717, 1.165) is 60.4 Å². The second-order valence-corrected chi connectivity index (χ2v) is 7.72. The molecule has 4 aromatic rings. The minimum Gasteiger partial charge on any atom is -0.379 e. The number of hydrogen-bond acceptors (Lipinski definition) is 7. The molecule has 0 radical (unpaired) electrons. The standard InChI is InChI=1S/C23H23N7O2/c24-23-27-11-18(12-28-23)29-22(31)20-13-26-21-2-1-16(8-19(20)21)17-7-15(9-25-10-17)14-30-3-5-32-6-4-30/h1-2,7-13,26H,3-6,14H2,(H,29,31)(H2,24,27,28). The molecule has 1 fully saturated rings. The molecule has 1 amide bonds.